The molecule has 0 aromatic heterocycles. The lowest BCUT2D eigenvalue weighted by Gasteiger charge is -2.18. The second-order valence-corrected chi connectivity index (χ2v) is 7.27. The van der Waals surface area contributed by atoms with Gasteiger partial charge in [-0.3, -0.25) is 4.79 Å². The summed E-state index contributed by atoms with van der Waals surface area (Å²) in [6, 6.07) is 0.268. The summed E-state index contributed by atoms with van der Waals surface area (Å²) in [6.45, 7) is 3.74. The fourth-order valence-electron chi connectivity index (χ4n) is 1.93. The van der Waals surface area contributed by atoms with E-state index in [1.165, 1.54) is 12.8 Å². The number of rotatable bonds is 9. The molecule has 0 saturated carbocycles. The number of carbonyl (C=O) groups is 1. The van der Waals surface area contributed by atoms with Crippen molar-refractivity contribution in [2.45, 2.75) is 75.0 Å². The number of halogens is 3. The number of hydrogen-bond acceptors (Lipinski definition) is 1. The molecule has 0 aliphatic carbocycles. The Kier molecular flexibility index (Phi) is 10.4. The molecule has 0 bridgehead atoms. The Morgan fingerprint density at radius 3 is 2.11 bits per heavy atom. The minimum absolute atomic E-state index is 0.0397. The molecule has 0 radical (unpaired) electrons. The lowest BCUT2D eigenvalue weighted by atomic mass is 10.0. The van der Waals surface area contributed by atoms with Crippen LogP contribution in [-0.4, -0.2) is 15.7 Å². The third kappa shape index (κ3) is 12.8. The predicted octanol–water partition coefficient (Wildman–Crippen LogP) is 5.00. The van der Waals surface area contributed by atoms with Crippen molar-refractivity contribution in [2.75, 3.05) is 0 Å². The third-order valence-electron chi connectivity index (χ3n) is 2.83. The van der Waals surface area contributed by atoms with E-state index < -0.39 is 3.79 Å². The van der Waals surface area contributed by atoms with E-state index in [0.29, 0.717) is 6.42 Å². The van der Waals surface area contributed by atoms with Crippen molar-refractivity contribution in [3.05, 3.63) is 0 Å². The van der Waals surface area contributed by atoms with Crippen LogP contribution in [0.3, 0.4) is 0 Å². The lowest BCUT2D eigenvalue weighted by molar-refractivity contribution is -0.119. The van der Waals surface area contributed by atoms with Crippen LogP contribution in [0, 0.1) is 0 Å². The molecule has 0 aromatic carbocycles. The van der Waals surface area contributed by atoms with Gasteiger partial charge in [-0.25, -0.2) is 0 Å². The Bertz CT molecular complexity index is 229. The molecule has 1 atom stereocenters. The molecule has 0 fully saturated rings. The van der Waals surface area contributed by atoms with Crippen LogP contribution in [0.25, 0.3) is 0 Å². The highest BCUT2D eigenvalue weighted by atomic mass is 35.6. The molecule has 108 valence electrons. The molecule has 1 amide bonds. The van der Waals surface area contributed by atoms with Crippen LogP contribution in [0.15, 0.2) is 0 Å². The summed E-state index contributed by atoms with van der Waals surface area (Å²) in [5.74, 6) is 0.0397. The molecule has 2 nitrogen and oxygen atoms in total. The minimum Gasteiger partial charge on any atom is -0.354 e. The van der Waals surface area contributed by atoms with Crippen molar-refractivity contribution in [1.82, 2.24) is 5.32 Å². The van der Waals surface area contributed by atoms with Gasteiger partial charge in [0.2, 0.25) is 5.91 Å². The zero-order chi connectivity index (χ0) is 14.0. The summed E-state index contributed by atoms with van der Waals surface area (Å²) in [7, 11) is 0. The summed E-state index contributed by atoms with van der Waals surface area (Å²) in [5.41, 5.74) is 0. The fourth-order valence-corrected chi connectivity index (χ4v) is 2.33. The fraction of sp³-hybridized carbons (Fsp3) is 0.923. The van der Waals surface area contributed by atoms with Crippen molar-refractivity contribution in [3.8, 4) is 0 Å². The Balaban J connectivity index is 3.82. The molecule has 1 unspecified atom stereocenters. The zero-order valence-electron chi connectivity index (χ0n) is 11.3. The highest BCUT2D eigenvalue weighted by Crippen LogP contribution is 2.32. The monoisotopic (exact) mass is 315 g/mol. The average molecular weight is 317 g/mol. The zero-order valence-corrected chi connectivity index (χ0v) is 13.5. The molecular formula is C13H24Cl3NO. The predicted molar refractivity (Wildman–Crippen MR) is 80.5 cm³/mol. The molecule has 0 aromatic rings. The van der Waals surface area contributed by atoms with Crippen LogP contribution in [0.2, 0.25) is 0 Å². The molecule has 0 spiro atoms. The molecule has 0 rings (SSSR count). The maximum absolute atomic E-state index is 11.1. The van der Waals surface area contributed by atoms with E-state index in [-0.39, 0.29) is 11.9 Å². The van der Waals surface area contributed by atoms with Crippen LogP contribution in [0.1, 0.15) is 65.2 Å². The first-order valence-corrected chi connectivity index (χ1v) is 7.82. The van der Waals surface area contributed by atoms with E-state index in [4.69, 9.17) is 34.8 Å². The number of nitrogens with one attached hydrogen (secondary N) is 1. The van der Waals surface area contributed by atoms with Gasteiger partial charge in [-0.15, -0.1) is 0 Å². The summed E-state index contributed by atoms with van der Waals surface area (Å²) in [6.07, 6.45) is 7.99. The van der Waals surface area contributed by atoms with Crippen molar-refractivity contribution in [2.24, 2.45) is 0 Å². The quantitative estimate of drug-likeness (QED) is 0.470. The Hall–Kier alpha value is 0.340. The number of alkyl halides is 3. The van der Waals surface area contributed by atoms with Crippen molar-refractivity contribution < 1.29 is 4.79 Å². The molecule has 1 N–H and O–H groups in total. The van der Waals surface area contributed by atoms with Gasteiger partial charge in [0.15, 0.2) is 3.79 Å². The number of amides is 1. The molecule has 0 aliphatic heterocycles. The average Bonchev–Trinajstić information content (AvgIpc) is 2.22. The van der Waals surface area contributed by atoms with Crippen molar-refractivity contribution >= 4 is 40.7 Å². The van der Waals surface area contributed by atoms with E-state index in [0.717, 1.165) is 32.1 Å². The standard InChI is InChI=1S/C13H24Cl3NO/c1-3-4-5-8-12(17-11(2)18)9-6-7-10-13(14,15)16/h12H,3-10H2,1-2H3,(H,17,18). The van der Waals surface area contributed by atoms with Gasteiger partial charge >= 0.3 is 0 Å². The SMILES string of the molecule is CCCCCC(CCCCC(Cl)(Cl)Cl)NC(C)=O. The number of hydrogen-bond donors (Lipinski definition) is 1. The van der Waals surface area contributed by atoms with Crippen LogP contribution >= 0.6 is 34.8 Å². The summed E-state index contributed by atoms with van der Waals surface area (Å²) in [5, 5.41) is 3.00. The van der Waals surface area contributed by atoms with Crippen molar-refractivity contribution in [1.29, 1.82) is 0 Å². The Morgan fingerprint density at radius 2 is 1.67 bits per heavy atom. The lowest BCUT2D eigenvalue weighted by Crippen LogP contribution is -2.33. The second kappa shape index (κ2) is 10.2. The first-order chi connectivity index (χ1) is 8.35. The molecular weight excluding hydrogens is 293 g/mol. The molecule has 0 aliphatic rings. The van der Waals surface area contributed by atoms with Gasteiger partial charge in [0.05, 0.1) is 0 Å². The highest BCUT2D eigenvalue weighted by Gasteiger charge is 2.18. The van der Waals surface area contributed by atoms with E-state index in [1.807, 2.05) is 0 Å². The first-order valence-electron chi connectivity index (χ1n) is 6.69. The first kappa shape index (κ1) is 18.3. The van der Waals surface area contributed by atoms with Gasteiger partial charge in [-0.2, -0.15) is 0 Å². The number of unbranched alkanes of at least 4 members (excludes halogenated alkanes) is 3. The summed E-state index contributed by atoms with van der Waals surface area (Å²) in [4.78, 5) is 11.1. The molecule has 0 heterocycles. The van der Waals surface area contributed by atoms with Gasteiger partial charge in [0.25, 0.3) is 0 Å². The molecule has 5 heteroatoms. The maximum Gasteiger partial charge on any atom is 0.217 e. The largest absolute Gasteiger partial charge is 0.354 e. The van der Waals surface area contributed by atoms with E-state index in [2.05, 4.69) is 12.2 Å². The summed E-state index contributed by atoms with van der Waals surface area (Å²) < 4.78 is -1.15. The Labute approximate surface area is 126 Å². The molecule has 0 saturated heterocycles. The highest BCUT2D eigenvalue weighted by molar-refractivity contribution is 6.67. The van der Waals surface area contributed by atoms with E-state index in [1.54, 1.807) is 6.92 Å². The third-order valence-corrected chi connectivity index (χ3v) is 3.39. The van der Waals surface area contributed by atoms with Crippen LogP contribution in [-0.2, 0) is 4.79 Å². The maximum atomic E-state index is 11.1. The van der Waals surface area contributed by atoms with Gasteiger partial charge in [-0.05, 0) is 25.7 Å². The van der Waals surface area contributed by atoms with Gasteiger partial charge in [0, 0.05) is 13.0 Å². The van der Waals surface area contributed by atoms with Gasteiger partial charge < -0.3 is 5.32 Å². The van der Waals surface area contributed by atoms with Gasteiger partial charge in [-0.1, -0.05) is 67.4 Å². The molecule has 18 heavy (non-hydrogen) atoms. The summed E-state index contributed by atoms with van der Waals surface area (Å²) >= 11 is 17.1. The van der Waals surface area contributed by atoms with Crippen LogP contribution in [0.5, 0.6) is 0 Å². The smallest absolute Gasteiger partial charge is 0.217 e. The Morgan fingerprint density at radius 1 is 1.11 bits per heavy atom. The second-order valence-electron chi connectivity index (χ2n) is 4.75. The van der Waals surface area contributed by atoms with Gasteiger partial charge in [0.1, 0.15) is 0 Å². The van der Waals surface area contributed by atoms with Crippen molar-refractivity contribution in [3.63, 3.8) is 0 Å². The normalized spacial score (nSPS) is 13.4. The number of carbonyl (C=O) groups excluding carboxylic acids is 1. The topological polar surface area (TPSA) is 29.1 Å². The van der Waals surface area contributed by atoms with E-state index >= 15 is 0 Å². The minimum atomic E-state index is -1.15. The van der Waals surface area contributed by atoms with Crippen LogP contribution in [0.4, 0.5) is 0 Å². The van der Waals surface area contributed by atoms with Crippen LogP contribution < -0.4 is 5.32 Å². The van der Waals surface area contributed by atoms with E-state index in [9.17, 15) is 4.79 Å².